The Balaban J connectivity index is 1.45. The van der Waals surface area contributed by atoms with Crippen molar-refractivity contribution in [2.45, 2.75) is 57.0 Å². The van der Waals surface area contributed by atoms with Gasteiger partial charge in [-0.25, -0.2) is 9.18 Å². The molecule has 2 atom stereocenters. The van der Waals surface area contributed by atoms with Crippen LogP contribution in [0, 0.1) is 5.82 Å². The van der Waals surface area contributed by atoms with Crippen LogP contribution in [0.25, 0.3) is 0 Å². The smallest absolute Gasteiger partial charge is 0.317 e. The van der Waals surface area contributed by atoms with Crippen molar-refractivity contribution in [3.8, 4) is 0 Å². The number of hydrogen-bond donors (Lipinski definition) is 2. The van der Waals surface area contributed by atoms with Crippen LogP contribution in [-0.2, 0) is 4.79 Å². The van der Waals surface area contributed by atoms with Crippen LogP contribution in [0.3, 0.4) is 0 Å². The number of carbonyl (C=O) groups excluding carboxylic acids is 1. The van der Waals surface area contributed by atoms with Crippen molar-refractivity contribution < 1.29 is 19.1 Å². The van der Waals surface area contributed by atoms with Crippen LogP contribution < -0.4 is 5.32 Å². The van der Waals surface area contributed by atoms with Gasteiger partial charge >= 0.3 is 12.0 Å². The number of amides is 2. The Hall–Kier alpha value is -2.15. The Bertz CT molecular complexity index is 674. The first-order valence-corrected chi connectivity index (χ1v) is 10.2. The van der Waals surface area contributed by atoms with E-state index in [2.05, 4.69) is 5.32 Å². The second-order valence-electron chi connectivity index (χ2n) is 7.88. The first kappa shape index (κ1) is 20.6. The van der Waals surface area contributed by atoms with Gasteiger partial charge in [-0.3, -0.25) is 9.69 Å². The lowest BCUT2D eigenvalue weighted by molar-refractivity contribution is -0.139. The monoisotopic (exact) mass is 391 g/mol. The molecule has 0 spiro atoms. The van der Waals surface area contributed by atoms with Gasteiger partial charge in [0.2, 0.25) is 0 Å². The molecular formula is C21H30FN3O3. The average Bonchev–Trinajstić information content (AvgIpc) is 3.15. The fraction of sp³-hybridized carbons (Fsp3) is 0.619. The molecular weight excluding hydrogens is 361 g/mol. The number of nitrogens with zero attached hydrogens (tertiary/aromatic N) is 2. The molecule has 28 heavy (non-hydrogen) atoms. The second-order valence-corrected chi connectivity index (χ2v) is 7.88. The molecule has 2 N–H and O–H groups in total. The molecule has 1 aromatic rings. The topological polar surface area (TPSA) is 72.9 Å². The summed E-state index contributed by atoms with van der Waals surface area (Å²) in [5.41, 5.74) is 1.14. The zero-order chi connectivity index (χ0) is 20.1. The Labute approximate surface area is 165 Å². The normalized spacial score (nSPS) is 23.2. The van der Waals surface area contributed by atoms with Crippen molar-refractivity contribution in [3.63, 3.8) is 0 Å². The van der Waals surface area contributed by atoms with Gasteiger partial charge < -0.3 is 15.3 Å². The Morgan fingerprint density at radius 2 is 1.86 bits per heavy atom. The predicted molar refractivity (Wildman–Crippen MR) is 105 cm³/mol. The van der Waals surface area contributed by atoms with Crippen molar-refractivity contribution >= 4 is 12.0 Å². The molecule has 2 amide bonds. The van der Waals surface area contributed by atoms with Crippen molar-refractivity contribution in [3.05, 3.63) is 35.6 Å². The quantitative estimate of drug-likeness (QED) is 0.782. The van der Waals surface area contributed by atoms with Gasteiger partial charge in [0.1, 0.15) is 5.82 Å². The minimum absolute atomic E-state index is 0.0236. The summed E-state index contributed by atoms with van der Waals surface area (Å²) >= 11 is 0. The average molecular weight is 391 g/mol. The van der Waals surface area contributed by atoms with Gasteiger partial charge in [-0.2, -0.15) is 0 Å². The van der Waals surface area contributed by atoms with Crippen LogP contribution >= 0.6 is 0 Å². The van der Waals surface area contributed by atoms with E-state index in [0.717, 1.165) is 37.7 Å². The maximum Gasteiger partial charge on any atom is 0.317 e. The zero-order valence-corrected chi connectivity index (χ0v) is 16.4. The summed E-state index contributed by atoms with van der Waals surface area (Å²) in [6.07, 6.45) is 4.43. The molecule has 2 fully saturated rings. The molecule has 6 nitrogen and oxygen atoms in total. The summed E-state index contributed by atoms with van der Waals surface area (Å²) in [7, 11) is 0. The van der Waals surface area contributed by atoms with Gasteiger partial charge in [-0.1, -0.05) is 19.1 Å². The van der Waals surface area contributed by atoms with E-state index in [9.17, 15) is 14.0 Å². The first-order chi connectivity index (χ1) is 13.5. The zero-order valence-electron chi connectivity index (χ0n) is 16.4. The number of rotatable bonds is 6. The minimum atomic E-state index is -0.807. The SMILES string of the molecule is CCN(CC(=O)O)C1CCN(C(=O)NC2CCC(c3ccc(F)cc3)C2)CC1. The molecule has 1 aromatic carbocycles. The summed E-state index contributed by atoms with van der Waals surface area (Å²) in [5.74, 6) is -0.662. The number of likely N-dealkylation sites (N-methyl/N-ethyl adjacent to an activating group) is 1. The van der Waals surface area contributed by atoms with Gasteiger partial charge in [0.05, 0.1) is 6.54 Å². The summed E-state index contributed by atoms with van der Waals surface area (Å²) in [6, 6.07) is 7.02. The van der Waals surface area contributed by atoms with Gasteiger partial charge in [-0.05, 0) is 62.3 Å². The summed E-state index contributed by atoms with van der Waals surface area (Å²) in [5, 5.41) is 12.2. The van der Waals surface area contributed by atoms with E-state index in [0.29, 0.717) is 25.6 Å². The van der Waals surface area contributed by atoms with Gasteiger partial charge in [0, 0.05) is 25.2 Å². The first-order valence-electron chi connectivity index (χ1n) is 10.2. The minimum Gasteiger partial charge on any atom is -0.480 e. The number of halogens is 1. The van der Waals surface area contributed by atoms with Crippen molar-refractivity contribution in [1.82, 2.24) is 15.1 Å². The van der Waals surface area contributed by atoms with E-state index in [1.807, 2.05) is 28.9 Å². The number of benzene rings is 1. The Morgan fingerprint density at radius 3 is 2.46 bits per heavy atom. The standard InChI is InChI=1S/C21H30FN3O3/c1-2-24(14-20(26)27)19-9-11-25(12-10-19)21(28)23-18-8-5-16(13-18)15-3-6-17(22)7-4-15/h3-4,6-7,16,18-19H,2,5,8-14H2,1H3,(H,23,28)(H,26,27). The maximum atomic E-state index is 13.1. The number of carbonyl (C=O) groups is 2. The number of carboxylic acids is 1. The van der Waals surface area contributed by atoms with Crippen molar-refractivity contribution in [1.29, 1.82) is 0 Å². The molecule has 0 radical (unpaired) electrons. The molecule has 1 heterocycles. The number of hydrogen-bond acceptors (Lipinski definition) is 3. The van der Waals surface area contributed by atoms with Crippen LogP contribution in [0.15, 0.2) is 24.3 Å². The molecule has 1 saturated carbocycles. The molecule has 1 aliphatic heterocycles. The molecule has 2 aliphatic rings. The van der Waals surface area contributed by atoms with Crippen LogP contribution in [-0.4, -0.2) is 65.2 Å². The van der Waals surface area contributed by atoms with Crippen molar-refractivity contribution in [2.75, 3.05) is 26.2 Å². The van der Waals surface area contributed by atoms with Crippen LogP contribution in [0.4, 0.5) is 9.18 Å². The lowest BCUT2D eigenvalue weighted by Gasteiger charge is -2.37. The molecule has 7 heteroatoms. The molecule has 2 unspecified atom stereocenters. The highest BCUT2D eigenvalue weighted by Gasteiger charge is 2.31. The second kappa shape index (κ2) is 9.37. The number of carboxylic acid groups (broad SMARTS) is 1. The van der Waals surface area contributed by atoms with E-state index >= 15 is 0 Å². The predicted octanol–water partition coefficient (Wildman–Crippen LogP) is 3.04. The van der Waals surface area contributed by atoms with E-state index in [-0.39, 0.29) is 30.5 Å². The summed E-state index contributed by atoms with van der Waals surface area (Å²) in [4.78, 5) is 27.4. The molecule has 0 aromatic heterocycles. The molecule has 3 rings (SSSR count). The highest BCUT2D eigenvalue weighted by molar-refractivity contribution is 5.74. The van der Waals surface area contributed by atoms with E-state index in [1.165, 1.54) is 12.1 Å². The number of urea groups is 1. The third kappa shape index (κ3) is 5.22. The van der Waals surface area contributed by atoms with E-state index < -0.39 is 5.97 Å². The summed E-state index contributed by atoms with van der Waals surface area (Å²) < 4.78 is 13.1. The maximum absolute atomic E-state index is 13.1. The van der Waals surface area contributed by atoms with Gasteiger partial charge in [-0.15, -0.1) is 0 Å². The van der Waals surface area contributed by atoms with Crippen molar-refractivity contribution in [2.24, 2.45) is 0 Å². The van der Waals surface area contributed by atoms with Crippen LogP contribution in [0.2, 0.25) is 0 Å². The molecule has 1 saturated heterocycles. The van der Waals surface area contributed by atoms with Crippen LogP contribution in [0.1, 0.15) is 50.5 Å². The lowest BCUT2D eigenvalue weighted by Crippen LogP contribution is -2.51. The van der Waals surface area contributed by atoms with Gasteiger partial charge in [0.25, 0.3) is 0 Å². The highest BCUT2D eigenvalue weighted by Crippen LogP contribution is 2.34. The van der Waals surface area contributed by atoms with Crippen LogP contribution in [0.5, 0.6) is 0 Å². The summed E-state index contributed by atoms with van der Waals surface area (Å²) in [6.45, 7) is 4.04. The number of aliphatic carboxylic acids is 1. The van der Waals surface area contributed by atoms with Gasteiger partial charge in [0.15, 0.2) is 0 Å². The third-order valence-corrected chi connectivity index (χ3v) is 6.11. The Morgan fingerprint density at radius 1 is 1.18 bits per heavy atom. The van der Waals surface area contributed by atoms with E-state index in [1.54, 1.807) is 0 Å². The Kier molecular flexibility index (Phi) is 6.88. The fourth-order valence-corrected chi connectivity index (χ4v) is 4.52. The molecule has 0 bridgehead atoms. The number of piperidine rings is 1. The number of nitrogens with one attached hydrogen (secondary N) is 1. The third-order valence-electron chi connectivity index (χ3n) is 6.11. The highest BCUT2D eigenvalue weighted by atomic mass is 19.1. The fourth-order valence-electron chi connectivity index (χ4n) is 4.52. The largest absolute Gasteiger partial charge is 0.480 e. The molecule has 154 valence electrons. The molecule has 1 aliphatic carbocycles. The number of likely N-dealkylation sites (tertiary alicyclic amines) is 1. The lowest BCUT2D eigenvalue weighted by atomic mass is 9.97. The van der Waals surface area contributed by atoms with E-state index in [4.69, 9.17) is 5.11 Å².